The first-order chi connectivity index (χ1) is 18.8. The average Bonchev–Trinajstić information content (AvgIpc) is 3.51. The van der Waals surface area contributed by atoms with Crippen LogP contribution in [-0.4, -0.2) is 60.9 Å². The van der Waals surface area contributed by atoms with Gasteiger partial charge in [-0.3, -0.25) is 14.4 Å². The van der Waals surface area contributed by atoms with Gasteiger partial charge in [-0.15, -0.1) is 0 Å². The molecule has 3 amide bonds. The van der Waals surface area contributed by atoms with E-state index in [1.807, 2.05) is 79.2 Å². The maximum atomic E-state index is 13.5. The number of hydrogen-bond acceptors (Lipinski definition) is 4. The van der Waals surface area contributed by atoms with Crippen molar-refractivity contribution >= 4 is 23.4 Å². The molecule has 1 saturated carbocycles. The topological polar surface area (TPSA) is 81.8 Å². The van der Waals surface area contributed by atoms with E-state index in [-0.39, 0.29) is 42.1 Å². The fourth-order valence-electron chi connectivity index (χ4n) is 6.69. The van der Waals surface area contributed by atoms with Gasteiger partial charge in [-0.1, -0.05) is 48.5 Å². The zero-order valence-corrected chi connectivity index (χ0v) is 23.5. The molecule has 2 aromatic rings. The molecule has 1 aliphatic carbocycles. The summed E-state index contributed by atoms with van der Waals surface area (Å²) in [5, 5.41) is 6.52. The largest absolute Gasteiger partial charge is 0.352 e. The minimum absolute atomic E-state index is 0.00306. The number of fused-ring (bicyclic) bond motifs is 1. The summed E-state index contributed by atoms with van der Waals surface area (Å²) in [7, 11) is 1.95. The van der Waals surface area contributed by atoms with Crippen LogP contribution in [0.2, 0.25) is 0 Å². The van der Waals surface area contributed by atoms with Gasteiger partial charge >= 0.3 is 0 Å². The van der Waals surface area contributed by atoms with Crippen LogP contribution in [0.5, 0.6) is 0 Å². The molecule has 7 heteroatoms. The lowest BCUT2D eigenvalue weighted by Gasteiger charge is -2.38. The van der Waals surface area contributed by atoms with Gasteiger partial charge in [-0.05, 0) is 76.6 Å². The predicted molar refractivity (Wildman–Crippen MR) is 153 cm³/mol. The fraction of sp³-hybridized carbons (Fsp3) is 0.531. The van der Waals surface area contributed by atoms with E-state index < -0.39 is 5.41 Å². The average molecular weight is 531 g/mol. The van der Waals surface area contributed by atoms with Crippen LogP contribution in [0.15, 0.2) is 54.6 Å². The quantitative estimate of drug-likeness (QED) is 0.544. The summed E-state index contributed by atoms with van der Waals surface area (Å²) in [6.07, 6.45) is 5.16. The van der Waals surface area contributed by atoms with Crippen molar-refractivity contribution in [2.24, 2.45) is 5.92 Å². The maximum Gasteiger partial charge on any atom is 0.237 e. The summed E-state index contributed by atoms with van der Waals surface area (Å²) >= 11 is 0. The van der Waals surface area contributed by atoms with Crippen LogP contribution in [0.25, 0.3) is 0 Å². The molecule has 2 aliphatic heterocycles. The van der Waals surface area contributed by atoms with Crippen LogP contribution < -0.4 is 15.5 Å². The normalized spacial score (nSPS) is 23.5. The van der Waals surface area contributed by atoms with Crippen molar-refractivity contribution < 1.29 is 14.4 Å². The number of rotatable bonds is 8. The second kappa shape index (κ2) is 11.5. The minimum atomic E-state index is -0.529. The van der Waals surface area contributed by atoms with Crippen molar-refractivity contribution in [1.82, 2.24) is 15.5 Å². The van der Waals surface area contributed by atoms with Crippen molar-refractivity contribution in [1.29, 1.82) is 0 Å². The van der Waals surface area contributed by atoms with E-state index in [2.05, 4.69) is 16.7 Å². The smallest absolute Gasteiger partial charge is 0.237 e. The number of benzene rings is 2. The van der Waals surface area contributed by atoms with Gasteiger partial charge in [0.2, 0.25) is 17.7 Å². The first kappa shape index (κ1) is 27.4. The standard InChI is InChI=1S/C32H42N4O3/c1-32(2)27-11-7-8-12-28(27)36(31(32)39)26-15-17-35(18-16-26)29(37)21-25(19-22-9-5-4-6-10-22)34-30(38)23-13-14-24(20-23)33-3/h4-12,23-26,33H,13-21H2,1-3H3,(H,34,38)/t23-,24+,25-/m0/s1. The van der Waals surface area contributed by atoms with Gasteiger partial charge in [-0.25, -0.2) is 0 Å². The van der Waals surface area contributed by atoms with E-state index in [4.69, 9.17) is 0 Å². The Bertz CT molecular complexity index is 1190. The Hall–Kier alpha value is -3.19. The van der Waals surface area contributed by atoms with Crippen LogP contribution in [0.3, 0.4) is 0 Å². The van der Waals surface area contributed by atoms with Gasteiger partial charge < -0.3 is 20.4 Å². The number of nitrogens with zero attached hydrogens (tertiary/aromatic N) is 2. The molecule has 0 aromatic heterocycles. The summed E-state index contributed by atoms with van der Waals surface area (Å²) in [6.45, 7) is 5.24. The van der Waals surface area contributed by atoms with Gasteiger partial charge in [0.25, 0.3) is 0 Å². The minimum Gasteiger partial charge on any atom is -0.352 e. The zero-order valence-electron chi connectivity index (χ0n) is 23.5. The second-order valence-corrected chi connectivity index (χ2v) is 12.0. The molecule has 2 N–H and O–H groups in total. The molecule has 0 radical (unpaired) electrons. The number of amides is 3. The first-order valence-electron chi connectivity index (χ1n) is 14.5. The number of likely N-dealkylation sites (tertiary alicyclic amines) is 1. The Balaban J connectivity index is 1.21. The molecule has 2 heterocycles. The molecule has 0 unspecified atom stereocenters. The van der Waals surface area contributed by atoms with E-state index in [1.54, 1.807) is 0 Å². The Morgan fingerprint density at radius 3 is 2.36 bits per heavy atom. The van der Waals surface area contributed by atoms with E-state index in [0.717, 1.165) is 48.9 Å². The molecule has 0 spiro atoms. The highest BCUT2D eigenvalue weighted by Gasteiger charge is 2.46. The lowest BCUT2D eigenvalue weighted by Crippen LogP contribution is -2.51. The number of anilines is 1. The molecule has 3 atom stereocenters. The van der Waals surface area contributed by atoms with Gasteiger partial charge in [0.1, 0.15) is 0 Å². The predicted octanol–water partition coefficient (Wildman–Crippen LogP) is 3.81. The number of nitrogens with one attached hydrogen (secondary N) is 2. The molecule has 7 nitrogen and oxygen atoms in total. The van der Waals surface area contributed by atoms with Crippen LogP contribution >= 0.6 is 0 Å². The van der Waals surface area contributed by atoms with Gasteiger partial charge in [0.05, 0.1) is 5.41 Å². The van der Waals surface area contributed by atoms with Crippen molar-refractivity contribution in [2.75, 3.05) is 25.0 Å². The van der Waals surface area contributed by atoms with Crippen LogP contribution in [0.1, 0.15) is 63.5 Å². The SMILES string of the molecule is CN[C@@H]1CC[C@H](C(=O)N[C@H](CC(=O)N2CCC(N3C(=O)C(C)(C)c4ccccc43)CC2)Cc2ccccc2)C1. The number of piperidine rings is 1. The Morgan fingerprint density at radius 1 is 0.974 bits per heavy atom. The van der Waals surface area contributed by atoms with E-state index in [0.29, 0.717) is 25.6 Å². The van der Waals surface area contributed by atoms with Crippen molar-refractivity contribution in [3.05, 3.63) is 65.7 Å². The van der Waals surface area contributed by atoms with Crippen molar-refractivity contribution in [3.63, 3.8) is 0 Å². The van der Waals surface area contributed by atoms with E-state index >= 15 is 0 Å². The van der Waals surface area contributed by atoms with Gasteiger partial charge in [-0.2, -0.15) is 0 Å². The van der Waals surface area contributed by atoms with Crippen molar-refractivity contribution in [3.8, 4) is 0 Å². The fourth-order valence-corrected chi connectivity index (χ4v) is 6.69. The first-order valence-corrected chi connectivity index (χ1v) is 14.5. The van der Waals surface area contributed by atoms with Gasteiger partial charge in [0, 0.05) is 49.2 Å². The lowest BCUT2D eigenvalue weighted by atomic mass is 9.86. The monoisotopic (exact) mass is 530 g/mol. The summed E-state index contributed by atoms with van der Waals surface area (Å²) in [5.74, 6) is 0.278. The molecule has 3 aliphatic rings. The lowest BCUT2D eigenvalue weighted by molar-refractivity contribution is -0.133. The summed E-state index contributed by atoms with van der Waals surface area (Å²) in [4.78, 5) is 43.9. The molecule has 39 heavy (non-hydrogen) atoms. The zero-order chi connectivity index (χ0) is 27.6. The number of carbonyl (C=O) groups excluding carboxylic acids is 3. The molecule has 5 rings (SSSR count). The highest BCUT2D eigenvalue weighted by Crippen LogP contribution is 2.43. The van der Waals surface area contributed by atoms with Gasteiger partial charge in [0.15, 0.2) is 0 Å². The maximum absolute atomic E-state index is 13.5. The molecule has 208 valence electrons. The van der Waals surface area contributed by atoms with Crippen LogP contribution in [0.4, 0.5) is 5.69 Å². The molecule has 2 fully saturated rings. The molecule has 0 bridgehead atoms. The second-order valence-electron chi connectivity index (χ2n) is 12.0. The van der Waals surface area contributed by atoms with Crippen LogP contribution in [0, 0.1) is 5.92 Å². The van der Waals surface area contributed by atoms with Crippen LogP contribution in [-0.2, 0) is 26.2 Å². The summed E-state index contributed by atoms with van der Waals surface area (Å²) < 4.78 is 0. The molecule has 2 aromatic carbocycles. The highest BCUT2D eigenvalue weighted by molar-refractivity contribution is 6.08. The third-order valence-electron chi connectivity index (χ3n) is 9.08. The summed E-state index contributed by atoms with van der Waals surface area (Å²) in [6, 6.07) is 18.4. The highest BCUT2D eigenvalue weighted by atomic mass is 16.2. The summed E-state index contributed by atoms with van der Waals surface area (Å²) in [5.41, 5.74) is 2.67. The number of para-hydroxylation sites is 1. The molecular weight excluding hydrogens is 488 g/mol. The van der Waals surface area contributed by atoms with Crippen molar-refractivity contribution in [2.45, 2.75) is 82.3 Å². The Kier molecular flexibility index (Phi) is 8.08. The number of carbonyl (C=O) groups is 3. The number of hydrogen-bond donors (Lipinski definition) is 2. The van der Waals surface area contributed by atoms with E-state index in [9.17, 15) is 14.4 Å². The van der Waals surface area contributed by atoms with E-state index in [1.165, 1.54) is 0 Å². The third kappa shape index (κ3) is 5.74. The third-order valence-corrected chi connectivity index (χ3v) is 9.08. The molecule has 1 saturated heterocycles. The molecular formula is C32H42N4O3. The Labute approximate surface area is 232 Å². The Morgan fingerprint density at radius 2 is 1.67 bits per heavy atom.